The van der Waals surface area contributed by atoms with Crippen LogP contribution in [0.4, 0.5) is 23.7 Å². The van der Waals surface area contributed by atoms with Gasteiger partial charge in [0.1, 0.15) is 17.0 Å². The molecule has 0 saturated carbocycles. The molecule has 0 radical (unpaired) electrons. The summed E-state index contributed by atoms with van der Waals surface area (Å²) < 4.78 is 55.4. The molecule has 10 nitrogen and oxygen atoms in total. The number of rotatable bonds is 9. The van der Waals surface area contributed by atoms with Gasteiger partial charge < -0.3 is 19.1 Å². The molecule has 0 atom stereocenters. The Kier molecular flexibility index (Phi) is 9.53. The van der Waals surface area contributed by atoms with Crippen molar-refractivity contribution in [2.75, 3.05) is 13.7 Å². The Bertz CT molecular complexity index is 1420. The van der Waals surface area contributed by atoms with E-state index < -0.39 is 34.3 Å². The number of para-hydroxylation sites is 1. The number of methoxy groups -OCH3 is 1. The maximum Gasteiger partial charge on any atom is 0.416 e. The van der Waals surface area contributed by atoms with E-state index in [0.717, 1.165) is 12.1 Å². The number of halogens is 3. The molecule has 3 aromatic rings. The van der Waals surface area contributed by atoms with Crippen LogP contribution in [-0.4, -0.2) is 46.1 Å². The van der Waals surface area contributed by atoms with Crippen molar-refractivity contribution in [3.63, 3.8) is 0 Å². The summed E-state index contributed by atoms with van der Waals surface area (Å²) in [5.41, 5.74) is -2.03. The monoisotopic (exact) mass is 575 g/mol. The summed E-state index contributed by atoms with van der Waals surface area (Å²) in [6.07, 6.45) is -5.43. The first-order valence-electron chi connectivity index (χ1n) is 12.3. The van der Waals surface area contributed by atoms with Crippen LogP contribution in [0.1, 0.15) is 48.0 Å². The third-order valence-corrected chi connectivity index (χ3v) is 5.56. The molecular formula is C28H28F3N3O7. The molecular weight excluding hydrogens is 547 g/mol. The molecule has 0 spiro atoms. The highest BCUT2D eigenvalue weighted by Crippen LogP contribution is 2.30. The normalized spacial score (nSPS) is 11.5. The summed E-state index contributed by atoms with van der Waals surface area (Å²) in [4.78, 5) is 42.2. The van der Waals surface area contributed by atoms with Gasteiger partial charge in [-0.3, -0.25) is 10.1 Å². The number of pyridine rings is 1. The number of carbonyl (C=O) groups is 2. The molecule has 218 valence electrons. The Morgan fingerprint density at radius 1 is 1.02 bits per heavy atom. The number of hydrogen-bond donors (Lipinski definition) is 0. The van der Waals surface area contributed by atoms with Crippen molar-refractivity contribution in [2.24, 2.45) is 0 Å². The highest BCUT2D eigenvalue weighted by atomic mass is 19.4. The fourth-order valence-corrected chi connectivity index (χ4v) is 3.66. The maximum atomic E-state index is 13.1. The number of hydrogen-bond acceptors (Lipinski definition) is 8. The summed E-state index contributed by atoms with van der Waals surface area (Å²) in [6, 6.07) is 12.6. The second-order valence-corrected chi connectivity index (χ2v) is 9.80. The Labute approximate surface area is 233 Å². The van der Waals surface area contributed by atoms with E-state index in [9.17, 15) is 32.9 Å². The molecule has 0 N–H and O–H groups in total. The lowest BCUT2D eigenvalue weighted by molar-refractivity contribution is -0.386. The third kappa shape index (κ3) is 8.65. The average molecular weight is 576 g/mol. The quantitative estimate of drug-likeness (QED) is 0.128. The molecule has 1 aromatic heterocycles. The predicted molar refractivity (Wildman–Crippen MR) is 141 cm³/mol. The molecule has 0 aliphatic heterocycles. The van der Waals surface area contributed by atoms with E-state index in [0.29, 0.717) is 11.6 Å². The van der Waals surface area contributed by atoms with Gasteiger partial charge in [0, 0.05) is 30.7 Å². The Morgan fingerprint density at radius 3 is 2.37 bits per heavy atom. The van der Waals surface area contributed by atoms with E-state index in [1.165, 1.54) is 36.3 Å². The molecule has 41 heavy (non-hydrogen) atoms. The van der Waals surface area contributed by atoms with Crippen LogP contribution in [-0.2, 0) is 23.9 Å². The second kappa shape index (κ2) is 12.7. The van der Waals surface area contributed by atoms with E-state index in [-0.39, 0.29) is 48.1 Å². The standard InChI is InChI=1S/C28H28F3N3O7/c1-27(2,3)41-26(36)33(15-14-21-22(34(37)38)12-13-24(32-21)39-4)17-19-8-5-6-11-23(19)40-25(35)18-9-7-10-20(16-18)28(29,30)31/h5-13,16H,14-15,17H2,1-4H3. The molecule has 1 amide bonds. The zero-order valence-electron chi connectivity index (χ0n) is 22.7. The Balaban J connectivity index is 1.88. The van der Waals surface area contributed by atoms with Gasteiger partial charge in [0.15, 0.2) is 0 Å². The zero-order valence-corrected chi connectivity index (χ0v) is 22.7. The van der Waals surface area contributed by atoms with Gasteiger partial charge in [0.05, 0.1) is 29.7 Å². The van der Waals surface area contributed by atoms with Crippen molar-refractivity contribution in [3.8, 4) is 11.6 Å². The van der Waals surface area contributed by atoms with Gasteiger partial charge in [-0.2, -0.15) is 13.2 Å². The number of nitro groups is 1. The van der Waals surface area contributed by atoms with Crippen LogP contribution in [0.5, 0.6) is 11.6 Å². The minimum Gasteiger partial charge on any atom is -0.481 e. The summed E-state index contributed by atoms with van der Waals surface area (Å²) in [7, 11) is 1.36. The van der Waals surface area contributed by atoms with Crippen molar-refractivity contribution in [1.82, 2.24) is 9.88 Å². The van der Waals surface area contributed by atoms with Crippen molar-refractivity contribution in [3.05, 3.63) is 93.2 Å². The minimum absolute atomic E-state index is 0.00829. The first-order valence-corrected chi connectivity index (χ1v) is 12.3. The molecule has 13 heteroatoms. The van der Waals surface area contributed by atoms with Crippen molar-refractivity contribution < 1.29 is 41.9 Å². The molecule has 0 bridgehead atoms. The number of nitrogens with zero attached hydrogens (tertiary/aromatic N) is 3. The van der Waals surface area contributed by atoms with Crippen LogP contribution in [0.2, 0.25) is 0 Å². The topological polar surface area (TPSA) is 121 Å². The summed E-state index contributed by atoms with van der Waals surface area (Å²) in [5.74, 6) is -0.862. The SMILES string of the molecule is COc1ccc([N+](=O)[O-])c(CCN(Cc2ccccc2OC(=O)c2cccc(C(F)(F)F)c2)C(=O)OC(C)(C)C)n1. The van der Waals surface area contributed by atoms with E-state index in [1.807, 2.05) is 0 Å². The lowest BCUT2D eigenvalue weighted by Crippen LogP contribution is -2.38. The van der Waals surface area contributed by atoms with Gasteiger partial charge in [-0.15, -0.1) is 0 Å². The van der Waals surface area contributed by atoms with Crippen molar-refractivity contribution in [2.45, 2.75) is 45.5 Å². The van der Waals surface area contributed by atoms with Crippen LogP contribution in [0, 0.1) is 10.1 Å². The lowest BCUT2D eigenvalue weighted by atomic mass is 10.1. The number of aromatic nitrogens is 1. The summed E-state index contributed by atoms with van der Waals surface area (Å²) in [6.45, 7) is 4.78. The number of ether oxygens (including phenoxy) is 3. The lowest BCUT2D eigenvalue weighted by Gasteiger charge is -2.28. The first kappa shape index (κ1) is 30.9. The van der Waals surface area contributed by atoms with Crippen LogP contribution in [0.15, 0.2) is 60.7 Å². The zero-order chi connectivity index (χ0) is 30.4. The highest BCUT2D eigenvalue weighted by molar-refractivity contribution is 5.91. The number of esters is 1. The molecule has 0 unspecified atom stereocenters. The Morgan fingerprint density at radius 2 is 1.73 bits per heavy atom. The molecule has 0 fully saturated rings. The fraction of sp³-hybridized carbons (Fsp3) is 0.321. The average Bonchev–Trinajstić information content (AvgIpc) is 2.90. The molecule has 0 aliphatic rings. The molecule has 3 rings (SSSR count). The summed E-state index contributed by atoms with van der Waals surface area (Å²) in [5, 5.41) is 11.5. The van der Waals surface area contributed by atoms with Crippen LogP contribution < -0.4 is 9.47 Å². The van der Waals surface area contributed by atoms with Crippen molar-refractivity contribution in [1.29, 1.82) is 0 Å². The van der Waals surface area contributed by atoms with E-state index in [4.69, 9.17) is 14.2 Å². The van der Waals surface area contributed by atoms with E-state index >= 15 is 0 Å². The first-order chi connectivity index (χ1) is 19.2. The van der Waals surface area contributed by atoms with Gasteiger partial charge in [-0.25, -0.2) is 14.6 Å². The van der Waals surface area contributed by atoms with Crippen LogP contribution >= 0.6 is 0 Å². The van der Waals surface area contributed by atoms with Crippen LogP contribution in [0.25, 0.3) is 0 Å². The molecule has 0 saturated heterocycles. The Hall–Kier alpha value is -4.68. The smallest absolute Gasteiger partial charge is 0.416 e. The minimum atomic E-state index is -4.64. The maximum absolute atomic E-state index is 13.1. The summed E-state index contributed by atoms with van der Waals surface area (Å²) >= 11 is 0. The molecule has 1 heterocycles. The van der Waals surface area contributed by atoms with Crippen molar-refractivity contribution >= 4 is 17.7 Å². The van der Waals surface area contributed by atoms with Gasteiger partial charge in [-0.05, 0) is 45.0 Å². The highest BCUT2D eigenvalue weighted by Gasteiger charge is 2.31. The predicted octanol–water partition coefficient (Wildman–Crippen LogP) is 6.22. The van der Waals surface area contributed by atoms with E-state index in [2.05, 4.69) is 4.98 Å². The second-order valence-electron chi connectivity index (χ2n) is 9.80. The van der Waals surface area contributed by atoms with E-state index in [1.54, 1.807) is 39.0 Å². The van der Waals surface area contributed by atoms with Gasteiger partial charge in [0.2, 0.25) is 5.88 Å². The van der Waals surface area contributed by atoms with Gasteiger partial charge in [0.25, 0.3) is 5.69 Å². The third-order valence-electron chi connectivity index (χ3n) is 5.56. The number of amides is 1. The number of alkyl halides is 3. The largest absolute Gasteiger partial charge is 0.481 e. The number of carbonyl (C=O) groups excluding carboxylic acids is 2. The number of benzene rings is 2. The van der Waals surface area contributed by atoms with Crippen LogP contribution in [0.3, 0.4) is 0 Å². The van der Waals surface area contributed by atoms with Gasteiger partial charge in [-0.1, -0.05) is 24.3 Å². The molecule has 0 aliphatic carbocycles. The fourth-order valence-electron chi connectivity index (χ4n) is 3.66. The molecule has 2 aromatic carbocycles. The van der Waals surface area contributed by atoms with Gasteiger partial charge >= 0.3 is 18.2 Å².